The van der Waals surface area contributed by atoms with Crippen molar-refractivity contribution in [2.45, 2.75) is 59.1 Å². The Kier molecular flexibility index (Phi) is 8.85. The summed E-state index contributed by atoms with van der Waals surface area (Å²) in [6, 6.07) is 13.4. The van der Waals surface area contributed by atoms with Gasteiger partial charge in [-0.2, -0.15) is 18.3 Å². The van der Waals surface area contributed by atoms with E-state index in [1.54, 1.807) is 10.7 Å². The zero-order valence-corrected chi connectivity index (χ0v) is 22.3. The first-order chi connectivity index (χ1) is 17.8. The number of carbonyl (C=O) groups is 2. The van der Waals surface area contributed by atoms with Crippen LogP contribution < -0.4 is 10.6 Å². The van der Waals surface area contributed by atoms with Gasteiger partial charge >= 0.3 is 12.2 Å². The second-order valence-corrected chi connectivity index (χ2v) is 10.2. The number of aromatic nitrogens is 2. The van der Waals surface area contributed by atoms with Crippen molar-refractivity contribution in [3.63, 3.8) is 0 Å². The van der Waals surface area contributed by atoms with Gasteiger partial charge in [0.15, 0.2) is 0 Å². The third-order valence-electron chi connectivity index (χ3n) is 5.87. The maximum absolute atomic E-state index is 13.4. The van der Waals surface area contributed by atoms with Crippen LogP contribution in [0.1, 0.15) is 57.4 Å². The van der Waals surface area contributed by atoms with Crippen LogP contribution in [0.25, 0.3) is 5.69 Å². The number of alkyl halides is 3. The van der Waals surface area contributed by atoms with Gasteiger partial charge in [-0.1, -0.05) is 58.4 Å². The fourth-order valence-corrected chi connectivity index (χ4v) is 3.78. The van der Waals surface area contributed by atoms with E-state index in [4.69, 9.17) is 5.10 Å². The molecule has 1 heterocycles. The number of hydrogen-bond acceptors (Lipinski definition) is 3. The lowest BCUT2D eigenvalue weighted by atomic mass is 9.92. The molecule has 0 radical (unpaired) electrons. The molecule has 0 aliphatic rings. The first-order valence-electron chi connectivity index (χ1n) is 12.5. The monoisotopic (exact) mass is 529 g/mol. The lowest BCUT2D eigenvalue weighted by molar-refractivity contribution is -0.137. The second kappa shape index (κ2) is 11.7. The lowest BCUT2D eigenvalue weighted by Gasteiger charge is -2.23. The van der Waals surface area contributed by atoms with Crippen molar-refractivity contribution in [2.24, 2.45) is 0 Å². The number of unbranched alkanes of at least 4 members (excludes halogenated alkanes) is 1. The van der Waals surface area contributed by atoms with Crippen molar-refractivity contribution >= 4 is 23.4 Å². The maximum Gasteiger partial charge on any atom is 0.418 e. The minimum absolute atomic E-state index is 0.203. The van der Waals surface area contributed by atoms with Gasteiger partial charge in [0.1, 0.15) is 12.4 Å². The zero-order valence-electron chi connectivity index (χ0n) is 22.3. The third kappa shape index (κ3) is 7.36. The van der Waals surface area contributed by atoms with E-state index in [1.165, 1.54) is 23.1 Å². The molecule has 0 unspecified atom stereocenters. The normalized spacial score (nSPS) is 11.8. The summed E-state index contributed by atoms with van der Waals surface area (Å²) in [6.45, 7) is 9.77. The van der Waals surface area contributed by atoms with Gasteiger partial charge in [0.05, 0.1) is 22.6 Å². The van der Waals surface area contributed by atoms with Crippen LogP contribution >= 0.6 is 0 Å². The molecule has 0 saturated heterocycles. The molecular weight excluding hydrogens is 495 g/mol. The number of aryl methyl sites for hydroxylation is 1. The van der Waals surface area contributed by atoms with E-state index >= 15 is 0 Å². The van der Waals surface area contributed by atoms with E-state index in [0.717, 1.165) is 29.4 Å². The molecule has 0 aliphatic carbocycles. The number of benzene rings is 2. The lowest BCUT2D eigenvalue weighted by Crippen LogP contribution is -2.41. The van der Waals surface area contributed by atoms with Gasteiger partial charge in [0.25, 0.3) is 0 Å². The van der Waals surface area contributed by atoms with Gasteiger partial charge in [-0.3, -0.25) is 4.79 Å². The molecule has 38 heavy (non-hydrogen) atoms. The molecular formula is C28H34F3N5O2. The number of anilines is 2. The summed E-state index contributed by atoms with van der Waals surface area (Å²) in [5.41, 5.74) is 0.949. The molecule has 0 fully saturated rings. The van der Waals surface area contributed by atoms with E-state index in [2.05, 4.69) is 10.6 Å². The van der Waals surface area contributed by atoms with Crippen LogP contribution in [0, 0.1) is 6.92 Å². The molecule has 1 aromatic heterocycles. The summed E-state index contributed by atoms with van der Waals surface area (Å²) in [5, 5.41) is 9.88. The van der Waals surface area contributed by atoms with Gasteiger partial charge < -0.3 is 15.5 Å². The second-order valence-electron chi connectivity index (χ2n) is 10.2. The molecule has 3 amide bonds. The van der Waals surface area contributed by atoms with Crippen LogP contribution in [0.2, 0.25) is 0 Å². The zero-order chi connectivity index (χ0) is 28.1. The Bertz CT molecular complexity index is 1280. The van der Waals surface area contributed by atoms with Crippen molar-refractivity contribution < 1.29 is 22.8 Å². The van der Waals surface area contributed by atoms with Gasteiger partial charge in [-0.15, -0.1) is 0 Å². The largest absolute Gasteiger partial charge is 0.418 e. The Morgan fingerprint density at radius 1 is 1.00 bits per heavy atom. The molecule has 3 aromatic rings. The van der Waals surface area contributed by atoms with Crippen LogP contribution in [-0.4, -0.2) is 39.7 Å². The molecule has 0 bridgehead atoms. The summed E-state index contributed by atoms with van der Waals surface area (Å²) in [6.07, 6.45) is -3.31. The highest BCUT2D eigenvalue weighted by Gasteiger charge is 2.34. The van der Waals surface area contributed by atoms with Crippen LogP contribution in [-0.2, 0) is 16.4 Å². The minimum Gasteiger partial charge on any atom is -0.315 e. The van der Waals surface area contributed by atoms with E-state index in [9.17, 15) is 22.8 Å². The average Bonchev–Trinajstić information content (AvgIpc) is 3.25. The quantitative estimate of drug-likeness (QED) is 0.338. The molecule has 0 atom stereocenters. The Morgan fingerprint density at radius 3 is 2.34 bits per heavy atom. The van der Waals surface area contributed by atoms with Gasteiger partial charge in [-0.25, -0.2) is 9.48 Å². The van der Waals surface area contributed by atoms with Crippen molar-refractivity contribution in [1.82, 2.24) is 14.7 Å². The fourth-order valence-electron chi connectivity index (χ4n) is 3.78. The van der Waals surface area contributed by atoms with Crippen molar-refractivity contribution in [3.05, 3.63) is 71.4 Å². The predicted octanol–water partition coefficient (Wildman–Crippen LogP) is 6.77. The molecule has 0 aliphatic heterocycles. The summed E-state index contributed by atoms with van der Waals surface area (Å²) in [5.74, 6) is -0.0570. The third-order valence-corrected chi connectivity index (χ3v) is 5.87. The molecule has 2 N–H and O–H groups in total. The Balaban J connectivity index is 1.84. The van der Waals surface area contributed by atoms with E-state index in [0.29, 0.717) is 12.2 Å². The maximum atomic E-state index is 13.4. The fraction of sp³-hybridized carbons (Fsp3) is 0.393. The first-order valence-corrected chi connectivity index (χ1v) is 12.5. The standard InChI is InChI=1S/C28H34F3N5O2/c1-6-7-15-35(26(38)32-22-14-9-8-13-21(22)28(29,30)31)18-25(37)33-24-17-23(27(3,4)5)34-36(24)20-12-10-11-19(2)16-20/h8-14,16-17H,6-7,15,18H2,1-5H3,(H,32,38)(H,33,37). The van der Waals surface area contributed by atoms with Crippen molar-refractivity contribution in [1.29, 1.82) is 0 Å². The number of hydrogen-bond donors (Lipinski definition) is 2. The molecule has 2 aromatic carbocycles. The number of nitrogens with one attached hydrogen (secondary N) is 2. The van der Waals surface area contributed by atoms with Gasteiger partial charge in [-0.05, 0) is 43.2 Å². The first kappa shape index (κ1) is 28.7. The Morgan fingerprint density at radius 2 is 1.71 bits per heavy atom. The van der Waals surface area contributed by atoms with E-state index < -0.39 is 23.7 Å². The van der Waals surface area contributed by atoms with Crippen LogP contribution in [0.4, 0.5) is 29.5 Å². The summed E-state index contributed by atoms with van der Waals surface area (Å²) >= 11 is 0. The molecule has 0 saturated carbocycles. The molecule has 7 nitrogen and oxygen atoms in total. The number of urea groups is 1. The van der Waals surface area contributed by atoms with Gasteiger partial charge in [0.2, 0.25) is 5.91 Å². The number of para-hydroxylation sites is 1. The molecule has 10 heteroatoms. The number of nitrogens with zero attached hydrogens (tertiary/aromatic N) is 3. The highest BCUT2D eigenvalue weighted by Crippen LogP contribution is 2.34. The smallest absolute Gasteiger partial charge is 0.315 e. The summed E-state index contributed by atoms with van der Waals surface area (Å²) < 4.78 is 41.9. The SMILES string of the molecule is CCCCN(CC(=O)Nc1cc(C(C)(C)C)nn1-c1cccc(C)c1)C(=O)Nc1ccccc1C(F)(F)F. The minimum atomic E-state index is -4.63. The van der Waals surface area contributed by atoms with Crippen LogP contribution in [0.15, 0.2) is 54.6 Å². The Hall–Kier alpha value is -3.82. The summed E-state index contributed by atoms with van der Waals surface area (Å²) in [7, 11) is 0. The predicted molar refractivity (Wildman–Crippen MR) is 143 cm³/mol. The van der Waals surface area contributed by atoms with Crippen LogP contribution in [0.3, 0.4) is 0 Å². The number of amides is 3. The highest BCUT2D eigenvalue weighted by molar-refractivity contribution is 5.97. The van der Waals surface area contributed by atoms with E-state index in [-0.39, 0.29) is 24.2 Å². The van der Waals surface area contributed by atoms with Crippen molar-refractivity contribution in [2.75, 3.05) is 23.7 Å². The van der Waals surface area contributed by atoms with Crippen molar-refractivity contribution in [3.8, 4) is 5.69 Å². The summed E-state index contributed by atoms with van der Waals surface area (Å²) in [4.78, 5) is 27.3. The highest BCUT2D eigenvalue weighted by atomic mass is 19.4. The number of rotatable bonds is 8. The molecule has 3 rings (SSSR count). The van der Waals surface area contributed by atoms with Gasteiger partial charge in [0, 0.05) is 18.0 Å². The average molecular weight is 530 g/mol. The van der Waals surface area contributed by atoms with Crippen LogP contribution in [0.5, 0.6) is 0 Å². The topological polar surface area (TPSA) is 79.3 Å². The Labute approximate surface area is 221 Å². The van der Waals surface area contributed by atoms with E-state index in [1.807, 2.05) is 58.9 Å². The molecule has 0 spiro atoms. The number of halogens is 3. The molecule has 204 valence electrons. The number of carbonyl (C=O) groups excluding carboxylic acids is 2.